The number of nitrogens with one attached hydrogen (secondary N) is 1. The maximum atomic E-state index is 14.2. The summed E-state index contributed by atoms with van der Waals surface area (Å²) in [6.07, 6.45) is -1.42. The predicted octanol–water partition coefficient (Wildman–Crippen LogP) is 8.84. The molecule has 4 nitrogen and oxygen atoms in total. The fourth-order valence-electron chi connectivity index (χ4n) is 5.09. The van der Waals surface area contributed by atoms with E-state index in [0.717, 1.165) is 12.8 Å². The van der Waals surface area contributed by atoms with Crippen molar-refractivity contribution in [2.75, 3.05) is 11.9 Å². The molecule has 4 rings (SSSR count). The fourth-order valence-corrected chi connectivity index (χ4v) is 5.28. The van der Waals surface area contributed by atoms with Gasteiger partial charge < -0.3 is 15.3 Å². The Morgan fingerprint density at radius 2 is 1.69 bits per heavy atom. The predicted molar refractivity (Wildman–Crippen MR) is 150 cm³/mol. The molecule has 0 spiro atoms. The van der Waals surface area contributed by atoms with E-state index in [0.29, 0.717) is 40.4 Å². The lowest BCUT2D eigenvalue weighted by Gasteiger charge is -2.30. The summed E-state index contributed by atoms with van der Waals surface area (Å²) in [6, 6.07) is 20.2. The summed E-state index contributed by atoms with van der Waals surface area (Å²) < 4.78 is 42.5. The molecule has 3 aromatic rings. The van der Waals surface area contributed by atoms with Crippen molar-refractivity contribution in [3.8, 4) is 5.75 Å². The molecule has 2 atom stereocenters. The van der Waals surface area contributed by atoms with E-state index >= 15 is 0 Å². The number of anilines is 1. The maximum Gasteiger partial charge on any atom is 0.397 e. The number of nitrogens with zero attached hydrogens (tertiary/aromatic N) is 1. The molecule has 2 N–H and O–H groups in total. The molecular weight excluding hydrogens is 525 g/mol. The molecule has 3 aromatic carbocycles. The molecule has 1 unspecified atom stereocenters. The first-order valence-electron chi connectivity index (χ1n) is 13.0. The van der Waals surface area contributed by atoms with E-state index in [4.69, 9.17) is 11.6 Å². The van der Waals surface area contributed by atoms with Crippen molar-refractivity contribution in [3.05, 3.63) is 101 Å². The highest BCUT2D eigenvalue weighted by atomic mass is 35.5. The molecule has 0 bridgehead atoms. The van der Waals surface area contributed by atoms with Crippen molar-refractivity contribution in [1.82, 2.24) is 4.90 Å². The number of para-hydroxylation sites is 2. The number of aromatic hydroxyl groups is 1. The number of hydrogen-bond acceptors (Lipinski definition) is 3. The Labute approximate surface area is 232 Å². The number of benzene rings is 3. The van der Waals surface area contributed by atoms with Crippen LogP contribution in [0.3, 0.4) is 0 Å². The van der Waals surface area contributed by atoms with Crippen LogP contribution in [-0.4, -0.2) is 28.6 Å². The van der Waals surface area contributed by atoms with Gasteiger partial charge in [-0.3, -0.25) is 4.79 Å². The van der Waals surface area contributed by atoms with Gasteiger partial charge in [0.05, 0.1) is 22.2 Å². The highest BCUT2D eigenvalue weighted by Gasteiger charge is 2.49. The molecule has 0 saturated carbocycles. The van der Waals surface area contributed by atoms with Crippen molar-refractivity contribution in [2.24, 2.45) is 5.41 Å². The van der Waals surface area contributed by atoms with E-state index in [2.05, 4.69) is 5.32 Å². The number of carbonyl (C=O) groups is 1. The second-order valence-electron chi connectivity index (χ2n) is 10.1. The van der Waals surface area contributed by atoms with Crippen LogP contribution in [0.1, 0.15) is 67.1 Å². The van der Waals surface area contributed by atoms with Crippen molar-refractivity contribution >= 4 is 28.9 Å². The van der Waals surface area contributed by atoms with E-state index in [9.17, 15) is 23.1 Å². The highest BCUT2D eigenvalue weighted by molar-refractivity contribution is 6.33. The van der Waals surface area contributed by atoms with Gasteiger partial charge in [0, 0.05) is 23.4 Å². The molecule has 1 aliphatic rings. The van der Waals surface area contributed by atoms with Gasteiger partial charge in [-0.15, -0.1) is 0 Å². The molecule has 8 heteroatoms. The topological polar surface area (TPSA) is 52.6 Å². The van der Waals surface area contributed by atoms with Crippen LogP contribution in [0.2, 0.25) is 5.02 Å². The minimum atomic E-state index is -4.46. The Bertz CT molecular complexity index is 1340. The number of allylic oxidation sites excluding steroid dienone is 1. The van der Waals surface area contributed by atoms with E-state index in [1.165, 1.54) is 13.0 Å². The summed E-state index contributed by atoms with van der Waals surface area (Å²) in [5.74, 6) is -0.0409. The number of halogens is 4. The van der Waals surface area contributed by atoms with Crippen molar-refractivity contribution in [1.29, 1.82) is 0 Å². The van der Waals surface area contributed by atoms with Crippen LogP contribution in [0.4, 0.5) is 18.9 Å². The molecule has 0 radical (unpaired) electrons. The summed E-state index contributed by atoms with van der Waals surface area (Å²) in [5, 5.41) is 13.8. The molecule has 39 heavy (non-hydrogen) atoms. The van der Waals surface area contributed by atoms with Crippen LogP contribution in [0.15, 0.2) is 78.9 Å². The van der Waals surface area contributed by atoms with Gasteiger partial charge in [-0.25, -0.2) is 0 Å². The number of phenols is 1. The zero-order valence-corrected chi connectivity index (χ0v) is 22.7. The smallest absolute Gasteiger partial charge is 0.397 e. The summed E-state index contributed by atoms with van der Waals surface area (Å²) in [5.41, 5.74) is 0.289. The Kier molecular flexibility index (Phi) is 8.60. The molecule has 1 amide bonds. The molecular formula is C31H32ClF3N2O2. The Morgan fingerprint density at radius 1 is 1.05 bits per heavy atom. The number of amides is 1. The van der Waals surface area contributed by atoms with Gasteiger partial charge >= 0.3 is 6.18 Å². The van der Waals surface area contributed by atoms with E-state index in [-0.39, 0.29) is 29.8 Å². The fraction of sp³-hybridized carbons (Fsp3) is 0.323. The Balaban J connectivity index is 1.67. The Hall–Kier alpha value is -3.45. The van der Waals surface area contributed by atoms with E-state index in [1.54, 1.807) is 72.5 Å². The number of rotatable bonds is 8. The van der Waals surface area contributed by atoms with Crippen LogP contribution < -0.4 is 5.32 Å². The average Bonchev–Trinajstić information content (AvgIpc) is 3.39. The van der Waals surface area contributed by atoms with Gasteiger partial charge in [0.25, 0.3) is 5.91 Å². The lowest BCUT2D eigenvalue weighted by Crippen LogP contribution is -2.34. The van der Waals surface area contributed by atoms with Crippen molar-refractivity contribution in [3.63, 3.8) is 0 Å². The van der Waals surface area contributed by atoms with E-state index in [1.807, 2.05) is 12.1 Å². The van der Waals surface area contributed by atoms with Crippen LogP contribution in [0.25, 0.3) is 5.70 Å². The normalized spacial score (nSPS) is 17.6. The number of phenolic OH excluding ortho intramolecular Hbond substituents is 1. The first-order valence-corrected chi connectivity index (χ1v) is 13.4. The second-order valence-corrected chi connectivity index (χ2v) is 10.5. The van der Waals surface area contributed by atoms with Gasteiger partial charge in [-0.1, -0.05) is 67.4 Å². The monoisotopic (exact) mass is 556 g/mol. The highest BCUT2D eigenvalue weighted by Crippen LogP contribution is 2.45. The van der Waals surface area contributed by atoms with Gasteiger partial charge in [0.15, 0.2) is 0 Å². The van der Waals surface area contributed by atoms with Gasteiger partial charge in [-0.05, 0) is 68.2 Å². The minimum absolute atomic E-state index is 0.0799. The number of likely N-dealkylation sites (tertiary alicyclic amines) is 1. The zero-order chi connectivity index (χ0) is 28.2. The number of alkyl halides is 3. The lowest BCUT2D eigenvalue weighted by molar-refractivity contribution is -0.201. The van der Waals surface area contributed by atoms with Crippen LogP contribution >= 0.6 is 11.6 Å². The minimum Gasteiger partial charge on any atom is -0.508 e. The molecule has 0 aromatic heterocycles. The van der Waals surface area contributed by atoms with E-state index < -0.39 is 11.6 Å². The molecule has 0 aliphatic carbocycles. The largest absolute Gasteiger partial charge is 0.508 e. The summed E-state index contributed by atoms with van der Waals surface area (Å²) in [4.78, 5) is 15.2. The Morgan fingerprint density at radius 3 is 2.33 bits per heavy atom. The molecule has 206 valence electrons. The summed E-state index contributed by atoms with van der Waals surface area (Å²) in [7, 11) is 0. The van der Waals surface area contributed by atoms with Gasteiger partial charge in [0.1, 0.15) is 5.75 Å². The third kappa shape index (κ3) is 6.25. The quantitative estimate of drug-likeness (QED) is 0.291. The molecule has 1 saturated heterocycles. The van der Waals surface area contributed by atoms with Gasteiger partial charge in [-0.2, -0.15) is 13.2 Å². The number of hydrogen-bond donors (Lipinski definition) is 2. The first-order chi connectivity index (χ1) is 18.5. The maximum absolute atomic E-state index is 14.2. The summed E-state index contributed by atoms with van der Waals surface area (Å²) in [6.45, 7) is 3.47. The second kappa shape index (κ2) is 11.7. The van der Waals surface area contributed by atoms with Crippen LogP contribution in [-0.2, 0) is 0 Å². The number of carbonyl (C=O) groups excluding carboxylic acids is 1. The van der Waals surface area contributed by atoms with Crippen molar-refractivity contribution < 1.29 is 23.1 Å². The average molecular weight is 557 g/mol. The first kappa shape index (κ1) is 28.6. The van der Waals surface area contributed by atoms with Crippen LogP contribution in [0, 0.1) is 5.41 Å². The molecule has 1 aliphatic heterocycles. The lowest BCUT2D eigenvalue weighted by atomic mass is 9.83. The third-order valence-electron chi connectivity index (χ3n) is 7.28. The van der Waals surface area contributed by atoms with Gasteiger partial charge in [0.2, 0.25) is 0 Å². The van der Waals surface area contributed by atoms with Crippen LogP contribution in [0.5, 0.6) is 5.75 Å². The zero-order valence-electron chi connectivity index (χ0n) is 21.9. The SMILES string of the molecule is CCC[C@](C)(/C=C(\Nc1ccccc1Cl)c1ccc(C(=O)N2CCCC2c2ccccc2O)cc1)C(F)(F)F. The standard InChI is InChI=1S/C31H32ClF3N2O2/c1-3-18-30(2,31(33,34)35)20-26(36-25-11-6-5-10-24(25)32)21-14-16-22(17-15-21)29(39)37-19-8-12-27(37)23-9-4-7-13-28(23)38/h4-7,9-11,13-17,20,27,36,38H,3,8,12,18-19H2,1-2H3/b26-20-/t27?,30-/m1/s1. The molecule has 1 heterocycles. The van der Waals surface area contributed by atoms with Crippen molar-refractivity contribution in [2.45, 2.75) is 51.7 Å². The third-order valence-corrected chi connectivity index (χ3v) is 7.60. The molecule has 1 fully saturated rings. The summed E-state index contributed by atoms with van der Waals surface area (Å²) >= 11 is 6.31.